The van der Waals surface area contributed by atoms with Crippen molar-refractivity contribution in [3.63, 3.8) is 0 Å². The summed E-state index contributed by atoms with van der Waals surface area (Å²) >= 11 is 0. The molecule has 3 saturated heterocycles. The first-order valence-electron chi connectivity index (χ1n) is 14.1. The van der Waals surface area contributed by atoms with Crippen LogP contribution in [0, 0.1) is 0 Å². The Bertz CT molecular complexity index is 952. The number of ether oxygens (including phenoxy) is 6. The van der Waals surface area contributed by atoms with Gasteiger partial charge in [0, 0.05) is 18.8 Å². The summed E-state index contributed by atoms with van der Waals surface area (Å²) in [7, 11) is 0. The molecule has 11 atom stereocenters. The maximum Gasteiger partial charge on any atom is 0.407 e. The van der Waals surface area contributed by atoms with E-state index in [9.17, 15) is 39.9 Å². The lowest BCUT2D eigenvalue weighted by molar-refractivity contribution is -0.325. The number of aliphatic hydroxyl groups excluding tert-OH is 4. The van der Waals surface area contributed by atoms with E-state index >= 15 is 0 Å². The quantitative estimate of drug-likeness (QED) is 0.0722. The molecule has 8 N–H and O–H groups in total. The van der Waals surface area contributed by atoms with E-state index in [1.54, 1.807) is 13.8 Å². The van der Waals surface area contributed by atoms with Crippen molar-refractivity contribution in [1.29, 1.82) is 0 Å². The van der Waals surface area contributed by atoms with E-state index in [-0.39, 0.29) is 19.3 Å². The molecule has 3 rings (SSSR count). The van der Waals surface area contributed by atoms with Gasteiger partial charge in [-0.05, 0) is 33.1 Å². The molecule has 0 aromatic rings. The SMILES string of the molecule is C=C(C)N[C@@H]1[C@H](C)O[C@@H](COC(=O)NCCCCCNC(=O)OCC2CO2)C(O)[C@H]1O[C@H]1O[C@@H](C(=O)O)C(O)[C@H](O)[C@@H]1O. The number of nitrogens with one attached hydrogen (secondary N) is 3. The zero-order valence-electron chi connectivity index (χ0n) is 24.1. The van der Waals surface area contributed by atoms with Gasteiger partial charge in [-0.25, -0.2) is 14.4 Å². The van der Waals surface area contributed by atoms with E-state index < -0.39 is 79.3 Å². The molecular formula is C26H43N3O14. The molecule has 17 nitrogen and oxygen atoms in total. The number of hydrogen-bond donors (Lipinski definition) is 8. The predicted octanol–water partition coefficient (Wildman–Crippen LogP) is -2.07. The van der Waals surface area contributed by atoms with Gasteiger partial charge in [0.05, 0.1) is 18.8 Å². The number of allylic oxidation sites excluding steroid dienone is 1. The lowest BCUT2D eigenvalue weighted by Crippen LogP contribution is -2.67. The number of carboxylic acid groups (broad SMARTS) is 1. The number of epoxide rings is 1. The first-order valence-corrected chi connectivity index (χ1v) is 14.1. The summed E-state index contributed by atoms with van der Waals surface area (Å²) in [5, 5.41) is 59.2. The average Bonchev–Trinajstić information content (AvgIpc) is 3.78. The summed E-state index contributed by atoms with van der Waals surface area (Å²) in [5.74, 6) is -1.58. The molecule has 43 heavy (non-hydrogen) atoms. The molecule has 2 amide bonds. The van der Waals surface area contributed by atoms with Gasteiger partial charge < -0.3 is 69.9 Å². The number of hydrogen-bond acceptors (Lipinski definition) is 14. The van der Waals surface area contributed by atoms with Crippen molar-refractivity contribution >= 4 is 18.2 Å². The maximum absolute atomic E-state index is 12.2. The Morgan fingerprint density at radius 3 is 2.05 bits per heavy atom. The Kier molecular flexibility index (Phi) is 13.2. The van der Waals surface area contributed by atoms with Crippen molar-refractivity contribution in [1.82, 2.24) is 16.0 Å². The first-order chi connectivity index (χ1) is 20.4. The van der Waals surface area contributed by atoms with E-state index in [1.807, 2.05) is 0 Å². The topological polar surface area (TPSA) is 247 Å². The molecule has 0 radical (unpaired) electrons. The molecule has 0 aliphatic carbocycles. The molecule has 0 aromatic heterocycles. The van der Waals surface area contributed by atoms with Crippen LogP contribution in [0.2, 0.25) is 0 Å². The highest BCUT2D eigenvalue weighted by atomic mass is 16.7. The molecule has 3 aliphatic rings. The highest BCUT2D eigenvalue weighted by Gasteiger charge is 2.52. The van der Waals surface area contributed by atoms with Gasteiger partial charge in [-0.1, -0.05) is 6.58 Å². The number of aliphatic hydroxyl groups is 4. The third-order valence-electron chi connectivity index (χ3n) is 7.06. The second-order valence-electron chi connectivity index (χ2n) is 10.7. The minimum absolute atomic E-state index is 0.00251. The van der Waals surface area contributed by atoms with Crippen LogP contribution < -0.4 is 16.0 Å². The molecule has 0 aromatic carbocycles. The summed E-state index contributed by atoms with van der Waals surface area (Å²) in [5.41, 5.74) is 0.485. The van der Waals surface area contributed by atoms with Gasteiger partial charge in [0.15, 0.2) is 12.4 Å². The van der Waals surface area contributed by atoms with Crippen molar-refractivity contribution in [2.24, 2.45) is 0 Å². The summed E-state index contributed by atoms with van der Waals surface area (Å²) < 4.78 is 32.0. The summed E-state index contributed by atoms with van der Waals surface area (Å²) in [6, 6.07) is -0.774. The van der Waals surface area contributed by atoms with Crippen molar-refractivity contribution in [2.45, 2.75) is 100 Å². The van der Waals surface area contributed by atoms with E-state index in [0.29, 0.717) is 44.7 Å². The second-order valence-corrected chi connectivity index (χ2v) is 10.7. The third-order valence-corrected chi connectivity index (χ3v) is 7.06. The number of unbranched alkanes of at least 4 members (excludes halogenated alkanes) is 2. The summed E-state index contributed by atoms with van der Waals surface area (Å²) in [6.45, 7) is 8.28. The van der Waals surface area contributed by atoms with Crippen LogP contribution in [-0.4, -0.2) is 144 Å². The Labute approximate surface area is 248 Å². The van der Waals surface area contributed by atoms with Crippen LogP contribution >= 0.6 is 0 Å². The van der Waals surface area contributed by atoms with Gasteiger partial charge in [-0.15, -0.1) is 0 Å². The normalized spacial score (nSPS) is 35.3. The number of aliphatic carboxylic acids is 1. The van der Waals surface area contributed by atoms with E-state index in [4.69, 9.17) is 28.4 Å². The lowest BCUT2D eigenvalue weighted by Gasteiger charge is -2.47. The summed E-state index contributed by atoms with van der Waals surface area (Å²) in [6.07, 6.45) is -13.0. The first kappa shape index (κ1) is 34.7. The molecule has 0 spiro atoms. The molecule has 17 heteroatoms. The molecule has 3 aliphatic heterocycles. The minimum atomic E-state index is -1.91. The Hall–Kier alpha value is -2.77. The lowest BCUT2D eigenvalue weighted by atomic mass is 9.92. The third kappa shape index (κ3) is 10.4. The fraction of sp³-hybridized carbons (Fsp3) is 0.808. The van der Waals surface area contributed by atoms with Crippen molar-refractivity contribution in [3.05, 3.63) is 12.3 Å². The zero-order valence-corrected chi connectivity index (χ0v) is 24.1. The van der Waals surface area contributed by atoms with Crippen LogP contribution in [0.1, 0.15) is 33.1 Å². The van der Waals surface area contributed by atoms with Gasteiger partial charge in [-0.2, -0.15) is 0 Å². The molecule has 246 valence electrons. The molecule has 3 heterocycles. The highest BCUT2D eigenvalue weighted by Crippen LogP contribution is 2.30. The molecule has 3 unspecified atom stereocenters. The van der Waals surface area contributed by atoms with Crippen LogP contribution in [0.3, 0.4) is 0 Å². The van der Waals surface area contributed by atoms with Crippen LogP contribution in [0.25, 0.3) is 0 Å². The van der Waals surface area contributed by atoms with E-state index in [2.05, 4.69) is 22.5 Å². The van der Waals surface area contributed by atoms with Crippen LogP contribution in [0.4, 0.5) is 9.59 Å². The highest BCUT2D eigenvalue weighted by molar-refractivity contribution is 5.73. The van der Waals surface area contributed by atoms with Gasteiger partial charge in [0.1, 0.15) is 55.9 Å². The Balaban J connectivity index is 1.45. The second kappa shape index (κ2) is 16.3. The van der Waals surface area contributed by atoms with Crippen LogP contribution in [-0.2, 0) is 33.2 Å². The molecule has 3 fully saturated rings. The van der Waals surface area contributed by atoms with Crippen molar-refractivity contribution < 1.29 is 68.3 Å². The minimum Gasteiger partial charge on any atom is -0.479 e. The van der Waals surface area contributed by atoms with Gasteiger partial charge in [-0.3, -0.25) is 0 Å². The van der Waals surface area contributed by atoms with Crippen molar-refractivity contribution in [3.8, 4) is 0 Å². The predicted molar refractivity (Wildman–Crippen MR) is 144 cm³/mol. The number of alkyl carbamates (subject to hydrolysis) is 2. The molecular weight excluding hydrogens is 578 g/mol. The van der Waals surface area contributed by atoms with E-state index in [0.717, 1.165) is 0 Å². The number of amides is 2. The number of carbonyl (C=O) groups is 3. The van der Waals surface area contributed by atoms with Gasteiger partial charge in [0.25, 0.3) is 0 Å². The largest absolute Gasteiger partial charge is 0.479 e. The number of rotatable bonds is 15. The fourth-order valence-corrected chi connectivity index (χ4v) is 4.64. The smallest absolute Gasteiger partial charge is 0.407 e. The van der Waals surface area contributed by atoms with Gasteiger partial charge >= 0.3 is 18.2 Å². The van der Waals surface area contributed by atoms with Crippen LogP contribution in [0.5, 0.6) is 0 Å². The summed E-state index contributed by atoms with van der Waals surface area (Å²) in [4.78, 5) is 35.2. The fourth-order valence-electron chi connectivity index (χ4n) is 4.64. The van der Waals surface area contributed by atoms with E-state index in [1.165, 1.54) is 0 Å². The van der Waals surface area contributed by atoms with Crippen LogP contribution in [0.15, 0.2) is 12.3 Å². The number of carboxylic acids is 1. The Morgan fingerprint density at radius 2 is 1.49 bits per heavy atom. The maximum atomic E-state index is 12.2. The monoisotopic (exact) mass is 621 g/mol. The Morgan fingerprint density at radius 1 is 0.884 bits per heavy atom. The molecule has 0 saturated carbocycles. The average molecular weight is 622 g/mol. The standard InChI is InChI=1S/C26H43N3O14/c1-12(2)29-16-13(3)41-15(17(30)21(16)42-24-20(33)18(31)19(32)22(43-24)23(34)35)11-40-26(37)28-8-6-4-5-7-27-25(36)39-10-14-9-38-14/h13-22,24,29-33H,1,4-11H2,2-3H3,(H,27,36)(H,28,37)(H,34,35)/t13-,14?,15-,16+,17?,18-,19?,20-,21-,22+,24-/m0/s1. The van der Waals surface area contributed by atoms with Gasteiger partial charge in [0.2, 0.25) is 0 Å². The zero-order chi connectivity index (χ0) is 31.7. The number of carbonyl (C=O) groups excluding carboxylic acids is 2. The van der Waals surface area contributed by atoms with Crippen molar-refractivity contribution in [2.75, 3.05) is 32.9 Å². The molecule has 0 bridgehead atoms.